The van der Waals surface area contributed by atoms with Crippen LogP contribution in [-0.2, 0) is 11.3 Å². The van der Waals surface area contributed by atoms with Crippen LogP contribution in [0.1, 0.15) is 51.9 Å². The van der Waals surface area contributed by atoms with E-state index >= 15 is 0 Å². The molecule has 1 fully saturated rings. The van der Waals surface area contributed by atoms with Crippen molar-refractivity contribution >= 4 is 46.8 Å². The summed E-state index contributed by atoms with van der Waals surface area (Å²) in [6, 6.07) is 6.05. The normalized spacial score (nSPS) is 13.2. The number of carbonyl (C=O) groups is 3. The van der Waals surface area contributed by atoms with Crippen LogP contribution in [0, 0.1) is 18.7 Å². The number of carbonyl (C=O) groups excluding carboxylic acids is 3. The van der Waals surface area contributed by atoms with Gasteiger partial charge in [0.05, 0.1) is 0 Å². The Balaban J connectivity index is 0.000000850. The van der Waals surface area contributed by atoms with Gasteiger partial charge in [-0.25, -0.2) is 9.37 Å². The number of fused-ring (bicyclic) bond motifs is 1. The Bertz CT molecular complexity index is 1210. The van der Waals surface area contributed by atoms with E-state index in [1.807, 2.05) is 0 Å². The van der Waals surface area contributed by atoms with Crippen molar-refractivity contribution < 1.29 is 18.8 Å². The van der Waals surface area contributed by atoms with Gasteiger partial charge in [0, 0.05) is 26.1 Å². The fraction of sp³-hybridized carbons (Fsp3) is 0.391. The highest BCUT2D eigenvalue weighted by Gasteiger charge is 2.20. The van der Waals surface area contributed by atoms with E-state index in [1.165, 1.54) is 29.9 Å². The van der Waals surface area contributed by atoms with E-state index < -0.39 is 5.91 Å². The number of piperidine rings is 1. The maximum Gasteiger partial charge on any atom is 0.270 e. The van der Waals surface area contributed by atoms with Crippen LogP contribution >= 0.6 is 24.0 Å². The summed E-state index contributed by atoms with van der Waals surface area (Å²) in [5.74, 6) is -0.508. The summed E-state index contributed by atoms with van der Waals surface area (Å²) in [7, 11) is 0. The first-order chi connectivity index (χ1) is 16.7. The summed E-state index contributed by atoms with van der Waals surface area (Å²) in [5, 5.41) is 12.7. The van der Waals surface area contributed by atoms with E-state index in [-0.39, 0.29) is 53.1 Å². The lowest BCUT2D eigenvalue weighted by molar-refractivity contribution is -0.109. The topological polar surface area (TPSA) is 130 Å². The monoisotopic (exact) mass is 539 g/mol. The van der Waals surface area contributed by atoms with Gasteiger partial charge in [-0.05, 0) is 67.6 Å². The molecular weight excluding hydrogens is 512 g/mol. The highest BCUT2D eigenvalue weighted by Crippen LogP contribution is 2.12. The lowest BCUT2D eigenvalue weighted by Gasteiger charge is -2.22. The number of rotatable bonds is 6. The predicted octanol–water partition coefficient (Wildman–Crippen LogP) is 2.42. The fourth-order valence-corrected chi connectivity index (χ4v) is 3.59. The van der Waals surface area contributed by atoms with Crippen molar-refractivity contribution in [3.63, 3.8) is 0 Å². The molecule has 3 heterocycles. The molecule has 1 aliphatic rings. The van der Waals surface area contributed by atoms with E-state index in [0.717, 1.165) is 31.5 Å². The Morgan fingerprint density at radius 2 is 1.86 bits per heavy atom. The molecule has 0 radical (unpaired) electrons. The van der Waals surface area contributed by atoms with Crippen molar-refractivity contribution in [3.05, 3.63) is 58.9 Å². The minimum absolute atomic E-state index is 0. The van der Waals surface area contributed by atoms with E-state index in [1.54, 1.807) is 19.1 Å². The lowest BCUT2D eigenvalue weighted by Crippen LogP contribution is -2.36. The summed E-state index contributed by atoms with van der Waals surface area (Å²) < 4.78 is 14.7. The van der Waals surface area contributed by atoms with Gasteiger partial charge in [-0.3, -0.25) is 14.4 Å². The summed E-state index contributed by atoms with van der Waals surface area (Å²) in [5.41, 5.74) is 1.52. The number of benzene rings is 1. The van der Waals surface area contributed by atoms with Crippen LogP contribution in [0.3, 0.4) is 0 Å². The fourth-order valence-electron chi connectivity index (χ4n) is 3.59. The number of aryl methyl sites for hydroxylation is 1. The Morgan fingerprint density at radius 3 is 2.53 bits per heavy atom. The van der Waals surface area contributed by atoms with Crippen LogP contribution in [0.5, 0.6) is 0 Å². The predicted molar refractivity (Wildman–Crippen MR) is 135 cm³/mol. The van der Waals surface area contributed by atoms with Gasteiger partial charge in [-0.15, -0.1) is 12.4 Å². The molecule has 0 bridgehead atoms. The number of halogens is 3. The molecule has 1 aromatic carbocycles. The number of hydrogen-bond donors (Lipinski definition) is 3. The van der Waals surface area contributed by atoms with Crippen LogP contribution in [0.4, 0.5) is 4.39 Å². The van der Waals surface area contributed by atoms with Crippen molar-refractivity contribution in [1.29, 1.82) is 0 Å². The number of aromatic nitrogens is 4. The average molecular weight is 540 g/mol. The zero-order valence-corrected chi connectivity index (χ0v) is 21.5. The Hall–Kier alpha value is -3.15. The average Bonchev–Trinajstić information content (AvgIpc) is 3.31. The highest BCUT2D eigenvalue weighted by molar-refractivity contribution is 6.62. The maximum absolute atomic E-state index is 13.4. The molecule has 194 valence electrons. The van der Waals surface area contributed by atoms with Crippen molar-refractivity contribution in [2.24, 2.45) is 5.92 Å². The third-order valence-electron chi connectivity index (χ3n) is 5.40. The molecule has 36 heavy (non-hydrogen) atoms. The van der Waals surface area contributed by atoms with Crippen LogP contribution < -0.4 is 16.0 Å². The van der Waals surface area contributed by atoms with Crippen molar-refractivity contribution in [3.8, 4) is 0 Å². The standard InChI is InChI=1S/C21H24FN7O2.C2H3ClO.ClH/c1-13-8-15(2-3-16(13)22)11-24-19(30)17-9-18(29-21(28-17)26-12-27-29)20(31)25-10-14-4-6-23-7-5-14;1-2(3)4;/h2-3,8-9,12,14,23H,4-7,10-11H2,1H3,(H,24,30)(H,25,31);1H3;1H. The Morgan fingerprint density at radius 1 is 1.17 bits per heavy atom. The maximum atomic E-state index is 13.4. The summed E-state index contributed by atoms with van der Waals surface area (Å²) in [4.78, 5) is 42.9. The van der Waals surface area contributed by atoms with Gasteiger partial charge in [0.15, 0.2) is 0 Å². The largest absolute Gasteiger partial charge is 0.350 e. The van der Waals surface area contributed by atoms with Gasteiger partial charge in [-0.1, -0.05) is 12.1 Å². The first kappa shape index (κ1) is 29.1. The second-order valence-corrected chi connectivity index (χ2v) is 8.67. The number of hydrogen-bond acceptors (Lipinski definition) is 7. The van der Waals surface area contributed by atoms with Crippen LogP contribution in [0.2, 0.25) is 0 Å². The van der Waals surface area contributed by atoms with Crippen LogP contribution in [0.15, 0.2) is 30.6 Å². The number of nitrogens with one attached hydrogen (secondary N) is 3. The second kappa shape index (κ2) is 13.8. The molecule has 0 unspecified atom stereocenters. The highest BCUT2D eigenvalue weighted by atomic mass is 35.5. The van der Waals surface area contributed by atoms with Gasteiger partial charge < -0.3 is 16.0 Å². The van der Waals surface area contributed by atoms with E-state index in [9.17, 15) is 18.8 Å². The molecule has 3 N–H and O–H groups in total. The molecule has 13 heteroatoms. The SMILES string of the molecule is CC(=O)Cl.Cc1cc(CNC(=O)c2cc(C(=O)NCC3CCNCC3)n3ncnc3n2)ccc1F.Cl. The first-order valence-corrected chi connectivity index (χ1v) is 11.5. The first-order valence-electron chi connectivity index (χ1n) is 11.1. The molecular formula is C23H28Cl2FN7O3. The van der Waals surface area contributed by atoms with Crippen molar-refractivity contribution in [2.45, 2.75) is 33.2 Å². The third-order valence-corrected chi connectivity index (χ3v) is 5.40. The van der Waals surface area contributed by atoms with Gasteiger partial charge in [0.25, 0.3) is 17.6 Å². The Kier molecular flexibility index (Phi) is 11.2. The summed E-state index contributed by atoms with van der Waals surface area (Å²) in [6.45, 7) is 5.61. The van der Waals surface area contributed by atoms with Gasteiger partial charge >= 0.3 is 0 Å². The molecule has 1 saturated heterocycles. The van der Waals surface area contributed by atoms with Gasteiger partial charge in [0.1, 0.15) is 23.5 Å². The number of nitrogens with zero attached hydrogens (tertiary/aromatic N) is 4. The number of amides is 2. The molecule has 0 saturated carbocycles. The second-order valence-electron chi connectivity index (χ2n) is 8.14. The third kappa shape index (κ3) is 8.21. The molecule has 0 atom stereocenters. The van der Waals surface area contributed by atoms with Crippen molar-refractivity contribution in [2.75, 3.05) is 19.6 Å². The zero-order chi connectivity index (χ0) is 25.4. The molecule has 10 nitrogen and oxygen atoms in total. The zero-order valence-electron chi connectivity index (χ0n) is 19.9. The smallest absolute Gasteiger partial charge is 0.270 e. The van der Waals surface area contributed by atoms with E-state index in [0.29, 0.717) is 18.0 Å². The molecule has 1 aliphatic heterocycles. The van der Waals surface area contributed by atoms with E-state index in [2.05, 4.69) is 42.6 Å². The lowest BCUT2D eigenvalue weighted by atomic mass is 9.98. The van der Waals surface area contributed by atoms with E-state index in [4.69, 9.17) is 0 Å². The van der Waals surface area contributed by atoms with Gasteiger partial charge in [-0.2, -0.15) is 14.6 Å². The van der Waals surface area contributed by atoms with Crippen LogP contribution in [0.25, 0.3) is 5.78 Å². The van der Waals surface area contributed by atoms with Crippen molar-refractivity contribution in [1.82, 2.24) is 35.5 Å². The molecule has 2 amide bonds. The molecule has 2 aromatic heterocycles. The molecule has 0 spiro atoms. The van der Waals surface area contributed by atoms with Crippen LogP contribution in [-0.4, -0.2) is 56.3 Å². The molecule has 3 aromatic rings. The quantitative estimate of drug-likeness (QED) is 0.410. The minimum Gasteiger partial charge on any atom is -0.350 e. The van der Waals surface area contributed by atoms with Gasteiger partial charge in [0.2, 0.25) is 5.24 Å². The summed E-state index contributed by atoms with van der Waals surface area (Å²) in [6.07, 6.45) is 3.30. The summed E-state index contributed by atoms with van der Waals surface area (Å²) >= 11 is 4.64. The molecule has 0 aliphatic carbocycles. The minimum atomic E-state index is -0.458. The molecule has 4 rings (SSSR count). The Labute approximate surface area is 218 Å².